The van der Waals surface area contributed by atoms with E-state index in [2.05, 4.69) is 9.97 Å². The summed E-state index contributed by atoms with van der Waals surface area (Å²) in [6, 6.07) is 2.83. The van der Waals surface area contributed by atoms with E-state index in [0.29, 0.717) is 5.16 Å². The Kier molecular flexibility index (Phi) is 3.53. The molecule has 0 spiro atoms. The molecule has 0 unspecified atom stereocenters. The summed E-state index contributed by atoms with van der Waals surface area (Å²) in [5.41, 5.74) is -0.232. The zero-order valence-corrected chi connectivity index (χ0v) is 9.43. The number of Topliss-reactive ketones (excluding diaryl/α,β-unsaturated/α-hetero) is 1. The van der Waals surface area contributed by atoms with E-state index in [1.165, 1.54) is 0 Å². The summed E-state index contributed by atoms with van der Waals surface area (Å²) in [6.07, 6.45) is 3.17. The molecule has 1 aromatic heterocycles. The molecule has 1 N–H and O–H groups in total. The molecule has 2 rings (SSSR count). The van der Waals surface area contributed by atoms with Gasteiger partial charge in [-0.15, -0.1) is 0 Å². The highest BCUT2D eigenvalue weighted by Gasteiger charge is 2.13. The predicted octanol–water partition coefficient (Wildman–Crippen LogP) is 2.66. The fourth-order valence-corrected chi connectivity index (χ4v) is 1.96. The second-order valence-electron chi connectivity index (χ2n) is 3.23. The predicted molar refractivity (Wildman–Crippen MR) is 60.0 cm³/mol. The highest BCUT2D eigenvalue weighted by molar-refractivity contribution is 7.99. The normalized spacial score (nSPS) is 10.5. The molecule has 0 radical (unpaired) electrons. The number of ketones is 1. The average Bonchev–Trinajstić information content (AvgIpc) is 2.82. The van der Waals surface area contributed by atoms with Crippen molar-refractivity contribution < 1.29 is 13.6 Å². The van der Waals surface area contributed by atoms with E-state index in [9.17, 15) is 13.6 Å². The lowest BCUT2D eigenvalue weighted by atomic mass is 10.1. The van der Waals surface area contributed by atoms with E-state index >= 15 is 0 Å². The third kappa shape index (κ3) is 2.91. The van der Waals surface area contributed by atoms with Gasteiger partial charge in [-0.3, -0.25) is 4.79 Å². The molecule has 0 aliphatic rings. The molecular formula is C11H8F2N2OS. The Bertz CT molecular complexity index is 528. The number of aromatic nitrogens is 2. The molecule has 3 nitrogen and oxygen atoms in total. The summed E-state index contributed by atoms with van der Waals surface area (Å²) >= 11 is 1.14. The molecule has 0 saturated heterocycles. The Hall–Kier alpha value is -1.69. The first-order chi connectivity index (χ1) is 8.16. The zero-order valence-electron chi connectivity index (χ0n) is 8.61. The first kappa shape index (κ1) is 11.8. The van der Waals surface area contributed by atoms with Gasteiger partial charge in [-0.25, -0.2) is 13.8 Å². The first-order valence-electron chi connectivity index (χ1n) is 4.77. The SMILES string of the molecule is O=C(CSc1ncc[nH]1)c1cc(F)ccc1F. The summed E-state index contributed by atoms with van der Waals surface area (Å²) in [7, 11) is 0. The van der Waals surface area contributed by atoms with Crippen molar-refractivity contribution in [1.29, 1.82) is 0 Å². The number of thioether (sulfide) groups is 1. The second kappa shape index (κ2) is 5.09. The van der Waals surface area contributed by atoms with E-state index in [1.807, 2.05) is 0 Å². The maximum Gasteiger partial charge on any atom is 0.176 e. The number of halogens is 2. The highest BCUT2D eigenvalue weighted by atomic mass is 32.2. The van der Waals surface area contributed by atoms with Crippen LogP contribution in [0.25, 0.3) is 0 Å². The van der Waals surface area contributed by atoms with Crippen LogP contribution in [-0.4, -0.2) is 21.5 Å². The van der Waals surface area contributed by atoms with E-state index in [4.69, 9.17) is 0 Å². The van der Waals surface area contributed by atoms with Gasteiger partial charge in [0.2, 0.25) is 0 Å². The molecule has 88 valence electrons. The third-order valence-electron chi connectivity index (χ3n) is 2.04. The fourth-order valence-electron chi connectivity index (χ4n) is 1.25. The number of nitrogens with zero attached hydrogens (tertiary/aromatic N) is 1. The minimum atomic E-state index is -0.712. The van der Waals surface area contributed by atoms with Crippen LogP contribution in [0.5, 0.6) is 0 Å². The number of rotatable bonds is 4. The monoisotopic (exact) mass is 254 g/mol. The number of H-pyrrole nitrogens is 1. The van der Waals surface area contributed by atoms with Crippen LogP contribution in [0.2, 0.25) is 0 Å². The molecule has 0 aliphatic heterocycles. The Labute approximate surface area is 100 Å². The van der Waals surface area contributed by atoms with Gasteiger partial charge in [0.1, 0.15) is 11.6 Å². The van der Waals surface area contributed by atoms with Crippen LogP contribution in [-0.2, 0) is 0 Å². The zero-order chi connectivity index (χ0) is 12.3. The Balaban J connectivity index is 2.07. The molecule has 2 aromatic rings. The van der Waals surface area contributed by atoms with Crippen LogP contribution < -0.4 is 0 Å². The van der Waals surface area contributed by atoms with Crippen LogP contribution in [0, 0.1) is 11.6 Å². The van der Waals surface area contributed by atoms with Crippen molar-refractivity contribution in [3.63, 3.8) is 0 Å². The summed E-state index contributed by atoms with van der Waals surface area (Å²) in [5.74, 6) is -1.80. The summed E-state index contributed by atoms with van der Waals surface area (Å²) in [5, 5.41) is 0.565. The summed E-state index contributed by atoms with van der Waals surface area (Å²) in [6.45, 7) is 0. The Morgan fingerprint density at radius 1 is 1.41 bits per heavy atom. The van der Waals surface area contributed by atoms with Gasteiger partial charge in [0, 0.05) is 12.4 Å². The molecular weight excluding hydrogens is 246 g/mol. The largest absolute Gasteiger partial charge is 0.340 e. The number of imidazole rings is 1. The van der Waals surface area contributed by atoms with Gasteiger partial charge in [0.15, 0.2) is 10.9 Å². The Morgan fingerprint density at radius 3 is 2.94 bits per heavy atom. The van der Waals surface area contributed by atoms with Gasteiger partial charge in [-0.05, 0) is 18.2 Å². The lowest BCUT2D eigenvalue weighted by Crippen LogP contribution is -2.06. The topological polar surface area (TPSA) is 45.8 Å². The van der Waals surface area contributed by atoms with Crippen molar-refractivity contribution in [3.05, 3.63) is 47.8 Å². The van der Waals surface area contributed by atoms with Gasteiger partial charge in [-0.2, -0.15) is 0 Å². The van der Waals surface area contributed by atoms with Crippen molar-refractivity contribution in [1.82, 2.24) is 9.97 Å². The molecule has 0 atom stereocenters. The molecule has 1 aromatic carbocycles. The van der Waals surface area contributed by atoms with Crippen LogP contribution in [0.3, 0.4) is 0 Å². The first-order valence-corrected chi connectivity index (χ1v) is 5.76. The molecule has 0 saturated carbocycles. The number of hydrogen-bond donors (Lipinski definition) is 1. The van der Waals surface area contributed by atoms with Crippen molar-refractivity contribution >= 4 is 17.5 Å². The number of carbonyl (C=O) groups is 1. The molecule has 0 bridgehead atoms. The van der Waals surface area contributed by atoms with Crippen LogP contribution >= 0.6 is 11.8 Å². The van der Waals surface area contributed by atoms with Crippen LogP contribution in [0.1, 0.15) is 10.4 Å². The van der Waals surface area contributed by atoms with Gasteiger partial charge < -0.3 is 4.98 Å². The quantitative estimate of drug-likeness (QED) is 0.674. The number of hydrogen-bond acceptors (Lipinski definition) is 3. The molecule has 6 heteroatoms. The van der Waals surface area contributed by atoms with E-state index < -0.39 is 17.4 Å². The van der Waals surface area contributed by atoms with Gasteiger partial charge in [-0.1, -0.05) is 11.8 Å². The van der Waals surface area contributed by atoms with Crippen LogP contribution in [0.4, 0.5) is 8.78 Å². The lowest BCUT2D eigenvalue weighted by molar-refractivity contribution is 0.101. The molecule has 0 amide bonds. The van der Waals surface area contributed by atoms with E-state index in [-0.39, 0.29) is 11.3 Å². The van der Waals surface area contributed by atoms with E-state index in [0.717, 1.165) is 30.0 Å². The van der Waals surface area contributed by atoms with Crippen molar-refractivity contribution in [3.8, 4) is 0 Å². The van der Waals surface area contributed by atoms with Gasteiger partial charge in [0.05, 0.1) is 11.3 Å². The standard InChI is InChI=1S/C11H8F2N2OS/c12-7-1-2-9(13)8(5-7)10(16)6-17-11-14-3-4-15-11/h1-5H,6H2,(H,14,15). The van der Waals surface area contributed by atoms with Crippen molar-refractivity contribution in [2.75, 3.05) is 5.75 Å². The van der Waals surface area contributed by atoms with Gasteiger partial charge >= 0.3 is 0 Å². The smallest absolute Gasteiger partial charge is 0.176 e. The summed E-state index contributed by atoms with van der Waals surface area (Å²) in [4.78, 5) is 18.4. The maximum atomic E-state index is 13.3. The Morgan fingerprint density at radius 2 is 2.24 bits per heavy atom. The molecule has 0 aliphatic carbocycles. The number of carbonyl (C=O) groups excluding carboxylic acids is 1. The summed E-state index contributed by atoms with van der Waals surface area (Å²) < 4.78 is 26.1. The van der Waals surface area contributed by atoms with E-state index in [1.54, 1.807) is 12.4 Å². The van der Waals surface area contributed by atoms with Crippen molar-refractivity contribution in [2.45, 2.75) is 5.16 Å². The maximum absolute atomic E-state index is 13.3. The van der Waals surface area contributed by atoms with Crippen LogP contribution in [0.15, 0.2) is 35.7 Å². The number of benzene rings is 1. The molecule has 0 fully saturated rings. The van der Waals surface area contributed by atoms with Gasteiger partial charge in [0.25, 0.3) is 0 Å². The second-order valence-corrected chi connectivity index (χ2v) is 4.19. The average molecular weight is 254 g/mol. The lowest BCUT2D eigenvalue weighted by Gasteiger charge is -2.01. The highest BCUT2D eigenvalue weighted by Crippen LogP contribution is 2.16. The van der Waals surface area contributed by atoms with Crippen molar-refractivity contribution in [2.24, 2.45) is 0 Å². The number of aromatic amines is 1. The minimum Gasteiger partial charge on any atom is -0.340 e. The third-order valence-corrected chi connectivity index (χ3v) is 2.95. The number of nitrogens with one attached hydrogen (secondary N) is 1. The molecule has 1 heterocycles. The minimum absolute atomic E-state index is 0.00782. The fraction of sp³-hybridized carbons (Fsp3) is 0.0909. The molecule has 17 heavy (non-hydrogen) atoms.